The highest BCUT2D eigenvalue weighted by Crippen LogP contribution is 2.30. The van der Waals surface area contributed by atoms with Crippen molar-refractivity contribution in [3.05, 3.63) is 60.5 Å². The molecule has 156 valence electrons. The van der Waals surface area contributed by atoms with Crippen molar-refractivity contribution < 1.29 is 9.21 Å². The van der Waals surface area contributed by atoms with Crippen LogP contribution in [0.25, 0.3) is 22.5 Å². The van der Waals surface area contributed by atoms with Crippen molar-refractivity contribution in [2.45, 2.75) is 31.2 Å². The number of para-hydroxylation sites is 1. The number of nitrogens with zero attached hydrogens (tertiary/aromatic N) is 4. The standard InChI is InChI=1S/C23H21N5O2S/c1-15(2)28-22-17(14-25-28)16(13-19(26-22)20-8-5-11-30-20)23(29)27-18-7-3-4-9-21(18)31-12-6-10-24/h3-5,7-9,11,13-15H,6,12H2,1-2H3,(H,27,29). The summed E-state index contributed by atoms with van der Waals surface area (Å²) in [7, 11) is 0. The zero-order chi connectivity index (χ0) is 21.8. The number of benzene rings is 1. The van der Waals surface area contributed by atoms with Crippen LogP contribution in [0.4, 0.5) is 5.69 Å². The zero-order valence-electron chi connectivity index (χ0n) is 17.2. The van der Waals surface area contributed by atoms with Crippen molar-refractivity contribution in [3.8, 4) is 17.5 Å². The number of furan rings is 1. The van der Waals surface area contributed by atoms with Gasteiger partial charge in [0.1, 0.15) is 5.69 Å². The molecular weight excluding hydrogens is 410 g/mol. The quantitative estimate of drug-likeness (QED) is 0.305. The van der Waals surface area contributed by atoms with Crippen LogP contribution >= 0.6 is 11.8 Å². The van der Waals surface area contributed by atoms with Crippen molar-refractivity contribution in [3.63, 3.8) is 0 Å². The molecule has 1 amide bonds. The van der Waals surface area contributed by atoms with Gasteiger partial charge >= 0.3 is 0 Å². The van der Waals surface area contributed by atoms with Crippen LogP contribution in [0.3, 0.4) is 0 Å². The number of thioether (sulfide) groups is 1. The molecule has 31 heavy (non-hydrogen) atoms. The highest BCUT2D eigenvalue weighted by molar-refractivity contribution is 7.99. The lowest BCUT2D eigenvalue weighted by atomic mass is 10.1. The van der Waals surface area contributed by atoms with Crippen LogP contribution in [0.1, 0.15) is 36.7 Å². The molecule has 8 heteroatoms. The molecule has 0 spiro atoms. The summed E-state index contributed by atoms with van der Waals surface area (Å²) in [5, 5.41) is 16.9. The van der Waals surface area contributed by atoms with Crippen molar-refractivity contribution in [2.24, 2.45) is 0 Å². The van der Waals surface area contributed by atoms with E-state index in [1.807, 2.05) is 44.2 Å². The average Bonchev–Trinajstić information content (AvgIpc) is 3.44. The van der Waals surface area contributed by atoms with Gasteiger partial charge in [0.15, 0.2) is 11.4 Å². The van der Waals surface area contributed by atoms with Crippen LogP contribution in [-0.4, -0.2) is 26.4 Å². The van der Waals surface area contributed by atoms with E-state index in [1.54, 1.807) is 41.0 Å². The fraction of sp³-hybridized carbons (Fsp3) is 0.217. The van der Waals surface area contributed by atoms with E-state index in [1.165, 1.54) is 0 Å². The molecule has 3 heterocycles. The summed E-state index contributed by atoms with van der Waals surface area (Å²) < 4.78 is 7.31. The van der Waals surface area contributed by atoms with Crippen LogP contribution in [0.5, 0.6) is 0 Å². The number of hydrogen-bond acceptors (Lipinski definition) is 6. The number of hydrogen-bond donors (Lipinski definition) is 1. The first-order valence-electron chi connectivity index (χ1n) is 9.90. The molecule has 0 fully saturated rings. The number of carbonyl (C=O) groups is 1. The molecule has 4 rings (SSSR count). The van der Waals surface area contributed by atoms with Gasteiger partial charge in [-0.1, -0.05) is 12.1 Å². The first-order chi connectivity index (χ1) is 15.1. The molecule has 4 aromatic rings. The Bertz CT molecular complexity index is 1250. The van der Waals surface area contributed by atoms with Gasteiger partial charge in [-0.05, 0) is 44.2 Å². The maximum absolute atomic E-state index is 13.3. The van der Waals surface area contributed by atoms with Crippen LogP contribution in [0.15, 0.2) is 64.2 Å². The molecule has 0 aliphatic heterocycles. The molecule has 0 saturated heterocycles. The minimum atomic E-state index is -0.253. The molecular formula is C23H21N5O2S. The lowest BCUT2D eigenvalue weighted by Gasteiger charge is -2.12. The van der Waals surface area contributed by atoms with Gasteiger partial charge in [-0.3, -0.25) is 4.79 Å². The Balaban J connectivity index is 1.74. The Morgan fingerprint density at radius 3 is 2.87 bits per heavy atom. The van der Waals surface area contributed by atoms with Gasteiger partial charge in [0.2, 0.25) is 0 Å². The third kappa shape index (κ3) is 4.32. The van der Waals surface area contributed by atoms with Crippen LogP contribution in [0.2, 0.25) is 0 Å². The summed E-state index contributed by atoms with van der Waals surface area (Å²) in [5.74, 6) is 0.990. The number of anilines is 1. The Hall–Kier alpha value is -3.57. The Labute approximate surface area is 184 Å². The van der Waals surface area contributed by atoms with Gasteiger partial charge in [0.05, 0.1) is 35.2 Å². The Kier molecular flexibility index (Phi) is 6.05. The average molecular weight is 432 g/mol. The fourth-order valence-electron chi connectivity index (χ4n) is 3.23. The Morgan fingerprint density at radius 2 is 2.13 bits per heavy atom. The lowest BCUT2D eigenvalue weighted by Crippen LogP contribution is -2.14. The first-order valence-corrected chi connectivity index (χ1v) is 10.9. The van der Waals surface area contributed by atoms with Gasteiger partial charge in [0, 0.05) is 23.1 Å². The maximum Gasteiger partial charge on any atom is 0.256 e. The van der Waals surface area contributed by atoms with E-state index in [9.17, 15) is 4.79 Å². The fourth-order valence-corrected chi connectivity index (χ4v) is 4.09. The Morgan fingerprint density at radius 1 is 1.29 bits per heavy atom. The molecule has 0 atom stereocenters. The molecule has 0 aliphatic rings. The maximum atomic E-state index is 13.3. The SMILES string of the molecule is CC(C)n1ncc2c(C(=O)Nc3ccccc3SCCC#N)cc(-c3ccco3)nc21. The zero-order valence-corrected chi connectivity index (χ0v) is 18.0. The van der Waals surface area contributed by atoms with Crippen LogP contribution < -0.4 is 5.32 Å². The van der Waals surface area contributed by atoms with Crippen LogP contribution in [-0.2, 0) is 0 Å². The summed E-state index contributed by atoms with van der Waals surface area (Å²) in [6.07, 6.45) is 3.70. The lowest BCUT2D eigenvalue weighted by molar-refractivity contribution is 0.102. The second kappa shape index (κ2) is 9.06. The number of carbonyl (C=O) groups excluding carboxylic acids is 1. The largest absolute Gasteiger partial charge is 0.463 e. The van der Waals surface area contributed by atoms with Crippen LogP contribution in [0, 0.1) is 11.3 Å². The van der Waals surface area contributed by atoms with E-state index < -0.39 is 0 Å². The number of fused-ring (bicyclic) bond motifs is 1. The minimum absolute atomic E-state index is 0.0880. The van der Waals surface area contributed by atoms with Gasteiger partial charge in [-0.2, -0.15) is 10.4 Å². The number of pyridine rings is 1. The molecule has 0 bridgehead atoms. The highest BCUT2D eigenvalue weighted by atomic mass is 32.2. The molecule has 0 aliphatic carbocycles. The van der Waals surface area contributed by atoms with Gasteiger partial charge < -0.3 is 9.73 Å². The predicted molar refractivity (Wildman–Crippen MR) is 121 cm³/mol. The van der Waals surface area contributed by atoms with E-state index in [4.69, 9.17) is 14.7 Å². The van der Waals surface area contributed by atoms with Crippen molar-refractivity contribution >= 4 is 34.4 Å². The van der Waals surface area contributed by atoms with E-state index >= 15 is 0 Å². The van der Waals surface area contributed by atoms with E-state index in [2.05, 4.69) is 16.5 Å². The summed E-state index contributed by atoms with van der Waals surface area (Å²) in [6, 6.07) is 15.1. The van der Waals surface area contributed by atoms with Crippen molar-refractivity contribution in [1.82, 2.24) is 14.8 Å². The monoisotopic (exact) mass is 431 g/mol. The molecule has 0 saturated carbocycles. The summed E-state index contributed by atoms with van der Waals surface area (Å²) in [6.45, 7) is 4.03. The second-order valence-corrected chi connectivity index (χ2v) is 8.30. The van der Waals surface area contributed by atoms with Gasteiger partial charge in [-0.25, -0.2) is 9.67 Å². The summed E-state index contributed by atoms with van der Waals surface area (Å²) in [4.78, 5) is 19.0. The smallest absolute Gasteiger partial charge is 0.256 e. The third-order valence-electron chi connectivity index (χ3n) is 4.68. The van der Waals surface area contributed by atoms with E-state index in [-0.39, 0.29) is 11.9 Å². The number of nitriles is 1. The van der Waals surface area contributed by atoms with E-state index in [0.717, 1.165) is 4.90 Å². The van der Waals surface area contributed by atoms with Crippen molar-refractivity contribution in [2.75, 3.05) is 11.1 Å². The first kappa shape index (κ1) is 20.7. The van der Waals surface area contributed by atoms with Gasteiger partial charge in [0.25, 0.3) is 5.91 Å². The minimum Gasteiger partial charge on any atom is -0.463 e. The number of amides is 1. The predicted octanol–water partition coefficient (Wildman–Crippen LogP) is 5.53. The number of nitrogens with one attached hydrogen (secondary N) is 1. The van der Waals surface area contributed by atoms with Gasteiger partial charge in [-0.15, -0.1) is 11.8 Å². The van der Waals surface area contributed by atoms with E-state index in [0.29, 0.717) is 45.9 Å². The normalized spacial score (nSPS) is 11.0. The summed E-state index contributed by atoms with van der Waals surface area (Å²) >= 11 is 1.54. The summed E-state index contributed by atoms with van der Waals surface area (Å²) in [5.41, 5.74) is 2.38. The molecule has 1 aromatic carbocycles. The van der Waals surface area contributed by atoms with Crippen molar-refractivity contribution in [1.29, 1.82) is 5.26 Å². The molecule has 3 aromatic heterocycles. The number of aromatic nitrogens is 3. The molecule has 1 N–H and O–H groups in total. The third-order valence-corrected chi connectivity index (χ3v) is 5.76. The second-order valence-electron chi connectivity index (χ2n) is 7.16. The molecule has 0 unspecified atom stereocenters. The topological polar surface area (TPSA) is 96.7 Å². The number of rotatable bonds is 7. The molecule has 7 nitrogen and oxygen atoms in total. The molecule has 0 radical (unpaired) electrons. The highest BCUT2D eigenvalue weighted by Gasteiger charge is 2.20.